The van der Waals surface area contributed by atoms with Crippen molar-refractivity contribution >= 4 is 0 Å². The molecule has 0 fully saturated rings. The second-order valence-corrected chi connectivity index (χ2v) is 3.13. The Bertz CT molecular complexity index is 504. The first kappa shape index (κ1) is 9.50. The SMILES string of the molecule is CCC(c1ncc[nH]1)n1c(=O)[nH][nH]c1=O. The average Bonchev–Trinajstić information content (AvgIpc) is 2.83. The highest BCUT2D eigenvalue weighted by Gasteiger charge is 2.18. The predicted octanol–water partition coefficient (Wildman–Crippen LogP) is -0.413. The van der Waals surface area contributed by atoms with Crippen molar-refractivity contribution in [2.45, 2.75) is 19.4 Å². The smallest absolute Gasteiger partial charge is 0.345 e. The van der Waals surface area contributed by atoms with Gasteiger partial charge in [0, 0.05) is 12.4 Å². The molecule has 0 aromatic carbocycles. The number of aromatic nitrogens is 5. The van der Waals surface area contributed by atoms with Crippen LogP contribution < -0.4 is 11.4 Å². The monoisotopic (exact) mass is 209 g/mol. The first-order valence-corrected chi connectivity index (χ1v) is 4.62. The summed E-state index contributed by atoms with van der Waals surface area (Å²) in [5.41, 5.74) is -0.911. The summed E-state index contributed by atoms with van der Waals surface area (Å²) in [4.78, 5) is 29.7. The van der Waals surface area contributed by atoms with E-state index in [1.807, 2.05) is 6.92 Å². The Morgan fingerprint density at radius 1 is 1.40 bits per heavy atom. The molecule has 1 unspecified atom stereocenters. The van der Waals surface area contributed by atoms with E-state index in [1.54, 1.807) is 12.4 Å². The van der Waals surface area contributed by atoms with Gasteiger partial charge in [-0.05, 0) is 6.42 Å². The summed E-state index contributed by atoms with van der Waals surface area (Å²) in [5.74, 6) is 0.602. The van der Waals surface area contributed by atoms with Gasteiger partial charge in [-0.2, -0.15) is 0 Å². The Balaban J connectivity index is 2.53. The highest BCUT2D eigenvalue weighted by atomic mass is 16.2. The van der Waals surface area contributed by atoms with Crippen LogP contribution in [0.15, 0.2) is 22.0 Å². The second kappa shape index (κ2) is 3.60. The van der Waals surface area contributed by atoms with Crippen LogP contribution in [0.25, 0.3) is 0 Å². The minimum Gasteiger partial charge on any atom is -0.347 e. The van der Waals surface area contributed by atoms with Crippen LogP contribution in [0.2, 0.25) is 0 Å². The third-order valence-electron chi connectivity index (χ3n) is 2.25. The number of hydrogen-bond donors (Lipinski definition) is 3. The Labute approximate surface area is 84.2 Å². The fourth-order valence-corrected chi connectivity index (χ4v) is 1.56. The highest BCUT2D eigenvalue weighted by molar-refractivity contribution is 4.97. The molecule has 0 saturated heterocycles. The lowest BCUT2D eigenvalue weighted by molar-refractivity contribution is 0.511. The van der Waals surface area contributed by atoms with Gasteiger partial charge in [0.05, 0.1) is 0 Å². The van der Waals surface area contributed by atoms with E-state index in [4.69, 9.17) is 0 Å². The number of nitrogens with one attached hydrogen (secondary N) is 3. The van der Waals surface area contributed by atoms with E-state index in [0.717, 1.165) is 4.57 Å². The molecular formula is C8H11N5O2. The van der Waals surface area contributed by atoms with Gasteiger partial charge in [0.15, 0.2) is 0 Å². The number of H-pyrrole nitrogens is 3. The standard InChI is InChI=1S/C8H11N5O2/c1-2-5(6-9-3-4-10-6)13-7(14)11-12-8(13)15/h3-5H,2H2,1H3,(H,9,10)(H,11,14)(H,12,15). The Morgan fingerprint density at radius 2 is 2.07 bits per heavy atom. The van der Waals surface area contributed by atoms with Gasteiger partial charge < -0.3 is 4.98 Å². The third-order valence-corrected chi connectivity index (χ3v) is 2.25. The molecule has 15 heavy (non-hydrogen) atoms. The van der Waals surface area contributed by atoms with Crippen LogP contribution in [0.3, 0.4) is 0 Å². The molecule has 0 amide bonds. The summed E-state index contributed by atoms with van der Waals surface area (Å²) in [5, 5.41) is 4.48. The van der Waals surface area contributed by atoms with Crippen LogP contribution in [-0.2, 0) is 0 Å². The molecule has 0 radical (unpaired) electrons. The molecule has 3 N–H and O–H groups in total. The summed E-state index contributed by atoms with van der Waals surface area (Å²) in [6.45, 7) is 1.88. The summed E-state index contributed by atoms with van der Waals surface area (Å²) in [7, 11) is 0. The molecule has 1 atom stereocenters. The Kier molecular flexibility index (Phi) is 2.28. The van der Waals surface area contributed by atoms with Gasteiger partial charge >= 0.3 is 11.4 Å². The molecule has 0 aliphatic carbocycles. The maximum absolute atomic E-state index is 11.4. The van der Waals surface area contributed by atoms with E-state index in [9.17, 15) is 9.59 Å². The largest absolute Gasteiger partial charge is 0.347 e. The van der Waals surface area contributed by atoms with Gasteiger partial charge in [-0.25, -0.2) is 29.3 Å². The van der Waals surface area contributed by atoms with Gasteiger partial charge in [-0.3, -0.25) is 0 Å². The van der Waals surface area contributed by atoms with Gasteiger partial charge in [0.1, 0.15) is 11.9 Å². The minimum absolute atomic E-state index is 0.359. The quantitative estimate of drug-likeness (QED) is 0.640. The maximum atomic E-state index is 11.4. The number of imidazole rings is 1. The molecule has 7 nitrogen and oxygen atoms in total. The zero-order valence-electron chi connectivity index (χ0n) is 8.15. The topological polar surface area (TPSA) is 99.3 Å². The van der Waals surface area contributed by atoms with Gasteiger partial charge in [0.2, 0.25) is 0 Å². The molecule has 0 saturated carbocycles. The van der Waals surface area contributed by atoms with Crippen molar-refractivity contribution in [2.24, 2.45) is 0 Å². The molecule has 2 heterocycles. The van der Waals surface area contributed by atoms with Crippen LogP contribution in [0.1, 0.15) is 25.2 Å². The van der Waals surface area contributed by atoms with Crippen molar-refractivity contribution in [3.8, 4) is 0 Å². The molecule has 0 spiro atoms. The Morgan fingerprint density at radius 3 is 2.53 bits per heavy atom. The van der Waals surface area contributed by atoms with Crippen molar-refractivity contribution in [1.82, 2.24) is 24.7 Å². The molecular weight excluding hydrogens is 198 g/mol. The molecule has 2 aromatic heterocycles. The van der Waals surface area contributed by atoms with Crippen LogP contribution in [0.5, 0.6) is 0 Å². The maximum Gasteiger partial charge on any atom is 0.345 e. The van der Waals surface area contributed by atoms with E-state index in [1.165, 1.54) is 0 Å². The molecule has 0 aliphatic rings. The van der Waals surface area contributed by atoms with E-state index in [2.05, 4.69) is 20.2 Å². The fraction of sp³-hybridized carbons (Fsp3) is 0.375. The van der Waals surface area contributed by atoms with Gasteiger partial charge in [0.25, 0.3) is 0 Å². The zero-order valence-corrected chi connectivity index (χ0v) is 8.15. The van der Waals surface area contributed by atoms with Crippen molar-refractivity contribution < 1.29 is 0 Å². The summed E-state index contributed by atoms with van der Waals surface area (Å²) < 4.78 is 1.11. The Hall–Kier alpha value is -2.05. The van der Waals surface area contributed by atoms with E-state index >= 15 is 0 Å². The molecule has 7 heteroatoms. The van der Waals surface area contributed by atoms with Crippen molar-refractivity contribution in [3.05, 3.63) is 39.2 Å². The van der Waals surface area contributed by atoms with E-state index in [0.29, 0.717) is 12.2 Å². The van der Waals surface area contributed by atoms with Gasteiger partial charge in [-0.15, -0.1) is 0 Å². The summed E-state index contributed by atoms with van der Waals surface area (Å²) in [6, 6.07) is -0.359. The number of rotatable bonds is 3. The number of nitrogens with zero attached hydrogens (tertiary/aromatic N) is 2. The molecule has 0 bridgehead atoms. The second-order valence-electron chi connectivity index (χ2n) is 3.13. The average molecular weight is 209 g/mol. The van der Waals surface area contributed by atoms with Crippen molar-refractivity contribution in [2.75, 3.05) is 0 Å². The summed E-state index contributed by atoms with van der Waals surface area (Å²) in [6.07, 6.45) is 3.85. The zero-order chi connectivity index (χ0) is 10.8. The highest BCUT2D eigenvalue weighted by Crippen LogP contribution is 2.13. The van der Waals surface area contributed by atoms with Crippen LogP contribution in [-0.4, -0.2) is 24.7 Å². The van der Waals surface area contributed by atoms with Crippen molar-refractivity contribution in [1.29, 1.82) is 0 Å². The fourth-order valence-electron chi connectivity index (χ4n) is 1.56. The first-order chi connectivity index (χ1) is 7.24. The normalized spacial score (nSPS) is 12.9. The number of aromatic amines is 3. The lowest BCUT2D eigenvalue weighted by Crippen LogP contribution is -2.31. The third kappa shape index (κ3) is 1.51. The van der Waals surface area contributed by atoms with Crippen molar-refractivity contribution in [3.63, 3.8) is 0 Å². The van der Waals surface area contributed by atoms with Crippen LogP contribution in [0, 0.1) is 0 Å². The minimum atomic E-state index is -0.455. The molecule has 80 valence electrons. The number of hydrogen-bond acceptors (Lipinski definition) is 3. The van der Waals surface area contributed by atoms with Gasteiger partial charge in [-0.1, -0.05) is 6.92 Å². The molecule has 0 aliphatic heterocycles. The lowest BCUT2D eigenvalue weighted by atomic mass is 10.2. The van der Waals surface area contributed by atoms with E-state index < -0.39 is 11.4 Å². The van der Waals surface area contributed by atoms with Crippen LogP contribution in [0.4, 0.5) is 0 Å². The van der Waals surface area contributed by atoms with Crippen LogP contribution >= 0.6 is 0 Å². The van der Waals surface area contributed by atoms with E-state index in [-0.39, 0.29) is 6.04 Å². The predicted molar refractivity (Wildman–Crippen MR) is 52.7 cm³/mol. The summed E-state index contributed by atoms with van der Waals surface area (Å²) >= 11 is 0. The lowest BCUT2D eigenvalue weighted by Gasteiger charge is -2.10. The first-order valence-electron chi connectivity index (χ1n) is 4.62. The molecule has 2 rings (SSSR count). The molecule has 2 aromatic rings.